The summed E-state index contributed by atoms with van der Waals surface area (Å²) in [7, 11) is -4.00. The second-order valence-corrected chi connectivity index (χ2v) is 7.95. The third kappa shape index (κ3) is 3.94. The number of nitrogens with one attached hydrogen (secondary N) is 1. The summed E-state index contributed by atoms with van der Waals surface area (Å²) in [5.41, 5.74) is 1.54. The Kier molecular flexibility index (Phi) is 4.98. The predicted octanol–water partition coefficient (Wildman–Crippen LogP) is 3.21. The monoisotopic (exact) mass is 424 g/mol. The molecule has 0 saturated carbocycles. The Morgan fingerprint density at radius 1 is 1.20 bits per heavy atom. The second-order valence-electron chi connectivity index (χ2n) is 5.35. The first-order valence-electron chi connectivity index (χ1n) is 7.29. The highest BCUT2D eigenvalue weighted by atomic mass is 79.9. The van der Waals surface area contributed by atoms with Gasteiger partial charge in [0.15, 0.2) is 0 Å². The van der Waals surface area contributed by atoms with Crippen LogP contribution in [-0.4, -0.2) is 23.2 Å². The van der Waals surface area contributed by atoms with Gasteiger partial charge >= 0.3 is 0 Å². The van der Waals surface area contributed by atoms with E-state index in [9.17, 15) is 12.8 Å². The molecule has 0 radical (unpaired) electrons. The largest absolute Gasteiger partial charge is 0.244 e. The molecule has 9 heteroatoms. The van der Waals surface area contributed by atoms with E-state index in [1.54, 1.807) is 42.2 Å². The molecule has 25 heavy (non-hydrogen) atoms. The van der Waals surface area contributed by atoms with E-state index in [1.807, 2.05) is 0 Å². The van der Waals surface area contributed by atoms with Gasteiger partial charge in [0.05, 0.1) is 5.69 Å². The minimum atomic E-state index is -4.00. The van der Waals surface area contributed by atoms with Gasteiger partial charge in [-0.3, -0.25) is 0 Å². The van der Waals surface area contributed by atoms with Gasteiger partial charge in [-0.2, -0.15) is 5.10 Å². The Morgan fingerprint density at radius 3 is 2.56 bits per heavy atom. The number of rotatable bonds is 5. The van der Waals surface area contributed by atoms with E-state index in [4.69, 9.17) is 0 Å². The summed E-state index contributed by atoms with van der Waals surface area (Å²) >= 11 is 3.15. The number of aromatic nitrogens is 3. The maximum atomic E-state index is 13.9. The minimum absolute atomic E-state index is 0.395. The van der Waals surface area contributed by atoms with Crippen molar-refractivity contribution in [1.82, 2.24) is 19.5 Å². The summed E-state index contributed by atoms with van der Waals surface area (Å²) in [6, 6.07) is 10.4. The van der Waals surface area contributed by atoms with Crippen LogP contribution in [0.4, 0.5) is 4.39 Å². The van der Waals surface area contributed by atoms with Crippen LogP contribution in [0.15, 0.2) is 64.5 Å². The molecule has 0 fully saturated rings. The van der Waals surface area contributed by atoms with Crippen molar-refractivity contribution in [2.75, 3.05) is 0 Å². The maximum Gasteiger partial charge on any atom is 0.244 e. The number of sulfonamides is 1. The molecule has 1 N–H and O–H groups in total. The van der Waals surface area contributed by atoms with E-state index in [1.165, 1.54) is 18.5 Å². The predicted molar refractivity (Wildman–Crippen MR) is 94.2 cm³/mol. The lowest BCUT2D eigenvalue weighted by molar-refractivity contribution is 0.546. The molecule has 3 rings (SSSR count). The number of halogens is 2. The lowest BCUT2D eigenvalue weighted by Gasteiger charge is -2.15. The first-order chi connectivity index (χ1) is 11.9. The van der Waals surface area contributed by atoms with Crippen LogP contribution in [0.2, 0.25) is 0 Å². The van der Waals surface area contributed by atoms with Gasteiger partial charge in [-0.05, 0) is 42.8 Å². The maximum absolute atomic E-state index is 13.9. The smallest absolute Gasteiger partial charge is 0.223 e. The SMILES string of the molecule is CC(NS(=O)(=O)c1cc(Br)ccc1F)c1ccc(-n2cncn2)cc1. The number of benzene rings is 2. The first-order valence-corrected chi connectivity index (χ1v) is 9.57. The van der Waals surface area contributed by atoms with Gasteiger partial charge in [0.1, 0.15) is 23.4 Å². The fourth-order valence-electron chi connectivity index (χ4n) is 2.30. The van der Waals surface area contributed by atoms with Gasteiger partial charge < -0.3 is 0 Å². The van der Waals surface area contributed by atoms with Gasteiger partial charge in [0.2, 0.25) is 10.0 Å². The average molecular weight is 425 g/mol. The van der Waals surface area contributed by atoms with Crippen molar-refractivity contribution in [2.24, 2.45) is 0 Å². The van der Waals surface area contributed by atoms with Crippen molar-refractivity contribution in [3.8, 4) is 5.69 Å². The zero-order valence-corrected chi connectivity index (χ0v) is 15.5. The van der Waals surface area contributed by atoms with Gasteiger partial charge in [-0.25, -0.2) is 27.2 Å². The topological polar surface area (TPSA) is 76.9 Å². The van der Waals surface area contributed by atoms with Crippen LogP contribution in [-0.2, 0) is 10.0 Å². The Labute approximate surface area is 152 Å². The van der Waals surface area contributed by atoms with E-state index < -0.39 is 26.8 Å². The quantitative estimate of drug-likeness (QED) is 0.681. The number of nitrogens with zero attached hydrogens (tertiary/aromatic N) is 3. The highest BCUT2D eigenvalue weighted by Gasteiger charge is 2.22. The summed E-state index contributed by atoms with van der Waals surface area (Å²) in [5, 5.41) is 4.03. The molecule has 2 aromatic carbocycles. The summed E-state index contributed by atoms with van der Waals surface area (Å²) in [6.45, 7) is 1.69. The van der Waals surface area contributed by atoms with E-state index >= 15 is 0 Å². The molecule has 0 aliphatic carbocycles. The fraction of sp³-hybridized carbons (Fsp3) is 0.125. The highest BCUT2D eigenvalue weighted by Crippen LogP contribution is 2.23. The van der Waals surface area contributed by atoms with Crippen molar-refractivity contribution in [3.05, 3.63) is 71.0 Å². The first kappa shape index (κ1) is 17.7. The normalized spacial score (nSPS) is 12.9. The van der Waals surface area contributed by atoms with E-state index in [2.05, 4.69) is 30.7 Å². The average Bonchev–Trinajstić information content (AvgIpc) is 3.11. The fourth-order valence-corrected chi connectivity index (χ4v) is 4.15. The molecule has 6 nitrogen and oxygen atoms in total. The molecule has 3 aromatic rings. The molecule has 0 saturated heterocycles. The number of hydrogen-bond donors (Lipinski definition) is 1. The van der Waals surface area contributed by atoms with Gasteiger partial charge in [0, 0.05) is 10.5 Å². The summed E-state index contributed by atoms with van der Waals surface area (Å²) < 4.78 is 43.3. The molecule has 130 valence electrons. The lowest BCUT2D eigenvalue weighted by atomic mass is 10.1. The third-order valence-electron chi connectivity index (χ3n) is 3.59. The van der Waals surface area contributed by atoms with E-state index in [-0.39, 0.29) is 0 Å². The highest BCUT2D eigenvalue weighted by molar-refractivity contribution is 9.10. The van der Waals surface area contributed by atoms with Crippen molar-refractivity contribution in [2.45, 2.75) is 17.9 Å². The lowest BCUT2D eigenvalue weighted by Crippen LogP contribution is -2.27. The van der Waals surface area contributed by atoms with Crippen LogP contribution in [0.5, 0.6) is 0 Å². The molecule has 0 bridgehead atoms. The Bertz CT molecular complexity index is 976. The molecule has 1 unspecified atom stereocenters. The van der Waals surface area contributed by atoms with Gasteiger partial charge in [-0.15, -0.1) is 0 Å². The van der Waals surface area contributed by atoms with Crippen LogP contribution < -0.4 is 4.72 Å². The van der Waals surface area contributed by atoms with Crippen molar-refractivity contribution in [3.63, 3.8) is 0 Å². The van der Waals surface area contributed by atoms with E-state index in [0.717, 1.165) is 17.3 Å². The minimum Gasteiger partial charge on any atom is -0.223 e. The molecule has 0 amide bonds. The second kappa shape index (κ2) is 7.03. The van der Waals surface area contributed by atoms with Crippen LogP contribution in [0.1, 0.15) is 18.5 Å². The zero-order chi connectivity index (χ0) is 18.0. The Hall–Kier alpha value is -2.10. The number of hydrogen-bond acceptors (Lipinski definition) is 4. The van der Waals surface area contributed by atoms with Crippen LogP contribution in [0, 0.1) is 5.82 Å². The van der Waals surface area contributed by atoms with E-state index in [0.29, 0.717) is 4.47 Å². The zero-order valence-electron chi connectivity index (χ0n) is 13.1. The summed E-state index contributed by atoms with van der Waals surface area (Å²) in [5.74, 6) is -0.801. The molecule has 0 spiro atoms. The third-order valence-corrected chi connectivity index (χ3v) is 5.64. The van der Waals surface area contributed by atoms with Crippen molar-refractivity contribution < 1.29 is 12.8 Å². The van der Waals surface area contributed by atoms with Crippen molar-refractivity contribution in [1.29, 1.82) is 0 Å². The molecule has 0 aliphatic heterocycles. The molecular formula is C16H14BrFN4O2S. The van der Waals surface area contributed by atoms with Crippen molar-refractivity contribution >= 4 is 26.0 Å². The van der Waals surface area contributed by atoms with Crippen LogP contribution in [0.3, 0.4) is 0 Å². The molecule has 1 aromatic heterocycles. The van der Waals surface area contributed by atoms with Gasteiger partial charge in [-0.1, -0.05) is 28.1 Å². The van der Waals surface area contributed by atoms with Crippen LogP contribution >= 0.6 is 15.9 Å². The summed E-state index contributed by atoms with van der Waals surface area (Å²) in [4.78, 5) is 3.48. The molecule has 1 atom stereocenters. The summed E-state index contributed by atoms with van der Waals surface area (Å²) in [6.07, 6.45) is 2.99. The Morgan fingerprint density at radius 2 is 1.92 bits per heavy atom. The standard InChI is InChI=1S/C16H14BrFN4O2S/c1-11(12-2-5-14(6-3-12)22-10-19-9-20-22)21-25(23,24)16-8-13(17)4-7-15(16)18/h2-11,21H,1H3. The molecular weight excluding hydrogens is 411 g/mol. The molecule has 1 heterocycles. The molecule has 0 aliphatic rings. The Balaban J connectivity index is 1.81. The van der Waals surface area contributed by atoms with Crippen LogP contribution in [0.25, 0.3) is 5.69 Å². The van der Waals surface area contributed by atoms with Gasteiger partial charge in [0.25, 0.3) is 0 Å².